The van der Waals surface area contributed by atoms with Gasteiger partial charge in [0.1, 0.15) is 0 Å². The SMILES string of the molecule is NNC(c1ccccc1)C1(N2CCCC2)CCCC1. The number of hydrogen-bond donors (Lipinski definition) is 2. The third kappa shape index (κ3) is 2.31. The summed E-state index contributed by atoms with van der Waals surface area (Å²) in [6.07, 6.45) is 7.90. The third-order valence-corrected chi connectivity index (χ3v) is 5.04. The predicted molar refractivity (Wildman–Crippen MR) is 78.5 cm³/mol. The topological polar surface area (TPSA) is 41.3 Å². The molecule has 0 spiro atoms. The van der Waals surface area contributed by atoms with Gasteiger partial charge in [-0.05, 0) is 44.3 Å². The van der Waals surface area contributed by atoms with Crippen molar-refractivity contribution in [3.8, 4) is 0 Å². The molecule has 1 atom stereocenters. The van der Waals surface area contributed by atoms with Gasteiger partial charge < -0.3 is 0 Å². The molecular weight excluding hydrogens is 234 g/mol. The third-order valence-electron chi connectivity index (χ3n) is 5.04. The Morgan fingerprint density at radius 3 is 2.21 bits per heavy atom. The molecule has 1 saturated heterocycles. The van der Waals surface area contributed by atoms with E-state index in [9.17, 15) is 0 Å². The fourth-order valence-corrected chi connectivity index (χ4v) is 4.14. The number of nitrogens with zero attached hydrogens (tertiary/aromatic N) is 1. The van der Waals surface area contributed by atoms with Crippen molar-refractivity contribution in [2.45, 2.75) is 50.1 Å². The lowest BCUT2D eigenvalue weighted by atomic mass is 9.82. The molecule has 0 amide bonds. The quantitative estimate of drug-likeness (QED) is 0.645. The van der Waals surface area contributed by atoms with Crippen LogP contribution >= 0.6 is 0 Å². The van der Waals surface area contributed by atoms with E-state index in [0.29, 0.717) is 0 Å². The van der Waals surface area contributed by atoms with Gasteiger partial charge in [-0.15, -0.1) is 0 Å². The van der Waals surface area contributed by atoms with Gasteiger partial charge in [-0.3, -0.25) is 16.2 Å². The van der Waals surface area contributed by atoms with E-state index in [-0.39, 0.29) is 11.6 Å². The van der Waals surface area contributed by atoms with Crippen molar-refractivity contribution in [1.29, 1.82) is 0 Å². The van der Waals surface area contributed by atoms with Crippen LogP contribution in [0.5, 0.6) is 0 Å². The zero-order valence-corrected chi connectivity index (χ0v) is 11.6. The van der Waals surface area contributed by atoms with Gasteiger partial charge in [0.2, 0.25) is 0 Å². The number of rotatable bonds is 4. The van der Waals surface area contributed by atoms with Crippen LogP contribution in [0.2, 0.25) is 0 Å². The zero-order chi connectivity index (χ0) is 13.1. The smallest absolute Gasteiger partial charge is 0.0643 e. The molecule has 0 bridgehead atoms. The van der Waals surface area contributed by atoms with Crippen LogP contribution in [0.15, 0.2) is 30.3 Å². The van der Waals surface area contributed by atoms with Crippen LogP contribution in [0.3, 0.4) is 0 Å². The Morgan fingerprint density at radius 1 is 1.00 bits per heavy atom. The molecule has 1 aromatic carbocycles. The Morgan fingerprint density at radius 2 is 1.63 bits per heavy atom. The first-order chi connectivity index (χ1) is 9.37. The molecule has 1 heterocycles. The van der Waals surface area contributed by atoms with Crippen molar-refractivity contribution in [3.05, 3.63) is 35.9 Å². The van der Waals surface area contributed by atoms with Crippen molar-refractivity contribution in [2.75, 3.05) is 13.1 Å². The first-order valence-electron chi connectivity index (χ1n) is 7.63. The molecule has 3 N–H and O–H groups in total. The van der Waals surface area contributed by atoms with Crippen LogP contribution in [0.1, 0.15) is 50.1 Å². The molecule has 2 fully saturated rings. The standard InChI is InChI=1S/C16H25N3/c17-18-15(14-8-2-1-3-9-14)16(10-4-5-11-16)19-12-6-7-13-19/h1-3,8-9,15,18H,4-7,10-13,17H2. The van der Waals surface area contributed by atoms with Gasteiger partial charge >= 0.3 is 0 Å². The Labute approximate surface area is 116 Å². The van der Waals surface area contributed by atoms with Gasteiger partial charge in [0, 0.05) is 5.54 Å². The second kappa shape index (κ2) is 5.61. The highest BCUT2D eigenvalue weighted by atomic mass is 15.3. The van der Waals surface area contributed by atoms with E-state index < -0.39 is 0 Å². The highest BCUT2D eigenvalue weighted by Crippen LogP contribution is 2.45. The van der Waals surface area contributed by atoms with E-state index >= 15 is 0 Å². The van der Waals surface area contributed by atoms with Crippen LogP contribution in [0.4, 0.5) is 0 Å². The molecule has 19 heavy (non-hydrogen) atoms. The molecular formula is C16H25N3. The van der Waals surface area contributed by atoms with Crippen molar-refractivity contribution in [2.24, 2.45) is 5.84 Å². The number of benzene rings is 1. The van der Waals surface area contributed by atoms with Crippen LogP contribution in [0, 0.1) is 0 Å². The second-order valence-electron chi connectivity index (χ2n) is 6.02. The summed E-state index contributed by atoms with van der Waals surface area (Å²) in [5.74, 6) is 5.96. The van der Waals surface area contributed by atoms with Gasteiger partial charge in [-0.1, -0.05) is 43.2 Å². The van der Waals surface area contributed by atoms with Crippen molar-refractivity contribution in [3.63, 3.8) is 0 Å². The van der Waals surface area contributed by atoms with Crippen molar-refractivity contribution < 1.29 is 0 Å². The minimum Gasteiger partial charge on any atom is -0.296 e. The zero-order valence-electron chi connectivity index (χ0n) is 11.6. The van der Waals surface area contributed by atoms with E-state index in [1.54, 1.807) is 0 Å². The van der Waals surface area contributed by atoms with E-state index in [0.717, 1.165) is 0 Å². The Balaban J connectivity index is 1.93. The molecule has 0 radical (unpaired) electrons. The van der Waals surface area contributed by atoms with Crippen LogP contribution in [-0.4, -0.2) is 23.5 Å². The lowest BCUT2D eigenvalue weighted by Gasteiger charge is -2.45. The molecule has 1 aliphatic heterocycles. The number of nitrogens with one attached hydrogen (secondary N) is 1. The summed E-state index contributed by atoms with van der Waals surface area (Å²) in [5.41, 5.74) is 4.71. The average Bonchev–Trinajstić information content (AvgIpc) is 3.12. The molecule has 104 valence electrons. The predicted octanol–water partition coefficient (Wildman–Crippen LogP) is 2.60. The molecule has 3 nitrogen and oxygen atoms in total. The Bertz CT molecular complexity index is 392. The Hall–Kier alpha value is -0.900. The molecule has 1 saturated carbocycles. The maximum Gasteiger partial charge on any atom is 0.0643 e. The van der Waals surface area contributed by atoms with E-state index in [1.165, 1.54) is 57.2 Å². The van der Waals surface area contributed by atoms with Crippen LogP contribution in [-0.2, 0) is 0 Å². The lowest BCUT2D eigenvalue weighted by molar-refractivity contribution is 0.0764. The number of hydrazine groups is 1. The summed E-state index contributed by atoms with van der Waals surface area (Å²) in [4.78, 5) is 2.71. The fraction of sp³-hybridized carbons (Fsp3) is 0.625. The van der Waals surface area contributed by atoms with E-state index in [1.807, 2.05) is 0 Å². The van der Waals surface area contributed by atoms with Crippen molar-refractivity contribution >= 4 is 0 Å². The van der Waals surface area contributed by atoms with Crippen LogP contribution in [0.25, 0.3) is 0 Å². The average molecular weight is 259 g/mol. The fourth-order valence-electron chi connectivity index (χ4n) is 4.14. The van der Waals surface area contributed by atoms with Crippen LogP contribution < -0.4 is 11.3 Å². The summed E-state index contributed by atoms with van der Waals surface area (Å²) in [6, 6.07) is 11.0. The number of hydrogen-bond acceptors (Lipinski definition) is 3. The first-order valence-corrected chi connectivity index (χ1v) is 7.63. The molecule has 0 aromatic heterocycles. The molecule has 1 aromatic rings. The molecule has 1 unspecified atom stereocenters. The monoisotopic (exact) mass is 259 g/mol. The summed E-state index contributed by atoms with van der Waals surface area (Å²) >= 11 is 0. The highest BCUT2D eigenvalue weighted by molar-refractivity contribution is 5.24. The lowest BCUT2D eigenvalue weighted by Crippen LogP contribution is -2.55. The number of nitrogens with two attached hydrogens (primary N) is 1. The van der Waals surface area contributed by atoms with Gasteiger partial charge in [-0.2, -0.15) is 0 Å². The largest absolute Gasteiger partial charge is 0.296 e. The van der Waals surface area contributed by atoms with Crippen molar-refractivity contribution in [1.82, 2.24) is 10.3 Å². The van der Waals surface area contributed by atoms with E-state index in [2.05, 4.69) is 40.7 Å². The van der Waals surface area contributed by atoms with Gasteiger partial charge in [-0.25, -0.2) is 0 Å². The molecule has 3 heteroatoms. The van der Waals surface area contributed by atoms with Gasteiger partial charge in [0.05, 0.1) is 6.04 Å². The van der Waals surface area contributed by atoms with Gasteiger partial charge in [0.15, 0.2) is 0 Å². The molecule has 2 aliphatic rings. The molecule has 3 rings (SSSR count). The molecule has 1 aliphatic carbocycles. The normalized spacial score (nSPS) is 24.7. The summed E-state index contributed by atoms with van der Waals surface area (Å²) in [6.45, 7) is 2.48. The first kappa shape index (κ1) is 13.1. The van der Waals surface area contributed by atoms with E-state index in [4.69, 9.17) is 5.84 Å². The summed E-state index contributed by atoms with van der Waals surface area (Å²) < 4.78 is 0. The minimum atomic E-state index is 0.243. The number of likely N-dealkylation sites (tertiary alicyclic amines) is 1. The second-order valence-corrected chi connectivity index (χ2v) is 6.02. The maximum absolute atomic E-state index is 5.96. The summed E-state index contributed by atoms with van der Waals surface area (Å²) in [7, 11) is 0. The minimum absolute atomic E-state index is 0.243. The maximum atomic E-state index is 5.96. The van der Waals surface area contributed by atoms with Gasteiger partial charge in [0.25, 0.3) is 0 Å². The Kier molecular flexibility index (Phi) is 3.87. The highest BCUT2D eigenvalue weighted by Gasteiger charge is 2.46. The summed E-state index contributed by atoms with van der Waals surface area (Å²) in [5, 5.41) is 0.